The van der Waals surface area contributed by atoms with Crippen LogP contribution in [-0.2, 0) is 4.79 Å². The highest BCUT2D eigenvalue weighted by atomic mass is 16.5. The summed E-state index contributed by atoms with van der Waals surface area (Å²) in [5.41, 5.74) is 2.30. The van der Waals surface area contributed by atoms with Gasteiger partial charge in [0.2, 0.25) is 0 Å². The van der Waals surface area contributed by atoms with Crippen molar-refractivity contribution in [3.05, 3.63) is 28.8 Å². The van der Waals surface area contributed by atoms with Crippen LogP contribution >= 0.6 is 0 Å². The molecule has 0 radical (unpaired) electrons. The first-order valence-electron chi connectivity index (χ1n) is 5.29. The SMILES string of the molecule is COc1cc(C)c(C)cc1C(=O)C(=O)N(C)C. The second-order valence-corrected chi connectivity index (χ2v) is 4.17. The molecular formula is C13H17NO3. The van der Waals surface area contributed by atoms with Crippen LogP contribution in [0.3, 0.4) is 0 Å². The Labute approximate surface area is 101 Å². The molecule has 4 heteroatoms. The first-order valence-corrected chi connectivity index (χ1v) is 5.29. The molecule has 1 aromatic rings. The van der Waals surface area contributed by atoms with Crippen LogP contribution in [0.1, 0.15) is 21.5 Å². The van der Waals surface area contributed by atoms with Gasteiger partial charge in [-0.15, -0.1) is 0 Å². The van der Waals surface area contributed by atoms with Gasteiger partial charge < -0.3 is 9.64 Å². The van der Waals surface area contributed by atoms with E-state index in [-0.39, 0.29) is 0 Å². The van der Waals surface area contributed by atoms with Gasteiger partial charge in [0.15, 0.2) is 0 Å². The Hall–Kier alpha value is -1.84. The lowest BCUT2D eigenvalue weighted by Gasteiger charge is -2.13. The van der Waals surface area contributed by atoms with Gasteiger partial charge in [-0.2, -0.15) is 0 Å². The number of likely N-dealkylation sites (N-methyl/N-ethyl adjacent to an activating group) is 1. The van der Waals surface area contributed by atoms with Crippen molar-refractivity contribution in [2.24, 2.45) is 0 Å². The molecule has 1 aromatic carbocycles. The molecule has 0 spiro atoms. The van der Waals surface area contributed by atoms with Gasteiger partial charge in [-0.1, -0.05) is 0 Å². The van der Waals surface area contributed by atoms with E-state index in [1.165, 1.54) is 12.0 Å². The number of carbonyl (C=O) groups is 2. The summed E-state index contributed by atoms with van der Waals surface area (Å²) >= 11 is 0. The number of aryl methyl sites for hydroxylation is 2. The van der Waals surface area contributed by atoms with Gasteiger partial charge in [-0.3, -0.25) is 9.59 Å². The Kier molecular flexibility index (Phi) is 3.89. The van der Waals surface area contributed by atoms with Crippen molar-refractivity contribution < 1.29 is 14.3 Å². The Morgan fingerprint density at radius 2 is 1.65 bits per heavy atom. The highest BCUT2D eigenvalue weighted by Crippen LogP contribution is 2.23. The summed E-state index contributed by atoms with van der Waals surface area (Å²) in [5, 5.41) is 0. The van der Waals surface area contributed by atoms with E-state index >= 15 is 0 Å². The Morgan fingerprint density at radius 3 is 2.12 bits per heavy atom. The van der Waals surface area contributed by atoms with Crippen LogP contribution in [-0.4, -0.2) is 37.8 Å². The molecule has 92 valence electrons. The van der Waals surface area contributed by atoms with Crippen LogP contribution in [0, 0.1) is 13.8 Å². The number of hydrogen-bond acceptors (Lipinski definition) is 3. The zero-order valence-corrected chi connectivity index (χ0v) is 10.8. The highest BCUT2D eigenvalue weighted by Gasteiger charge is 2.22. The second kappa shape index (κ2) is 4.99. The fourth-order valence-electron chi connectivity index (χ4n) is 1.45. The van der Waals surface area contributed by atoms with E-state index in [1.807, 2.05) is 13.8 Å². The number of ketones is 1. The van der Waals surface area contributed by atoms with Gasteiger partial charge in [0.25, 0.3) is 11.7 Å². The van der Waals surface area contributed by atoms with Crippen LogP contribution in [0.5, 0.6) is 5.75 Å². The number of nitrogens with zero attached hydrogens (tertiary/aromatic N) is 1. The number of amides is 1. The Morgan fingerprint density at radius 1 is 1.12 bits per heavy atom. The molecule has 0 heterocycles. The van der Waals surface area contributed by atoms with Gasteiger partial charge in [0.1, 0.15) is 5.75 Å². The largest absolute Gasteiger partial charge is 0.496 e. The Bertz CT molecular complexity index is 464. The van der Waals surface area contributed by atoms with E-state index in [0.717, 1.165) is 11.1 Å². The first kappa shape index (κ1) is 13.2. The van der Waals surface area contributed by atoms with E-state index < -0.39 is 11.7 Å². The number of ether oxygens (including phenoxy) is 1. The summed E-state index contributed by atoms with van der Waals surface area (Å²) < 4.78 is 5.14. The molecule has 0 aromatic heterocycles. The van der Waals surface area contributed by atoms with Crippen LogP contribution in [0.15, 0.2) is 12.1 Å². The predicted octanol–water partition coefficient (Wildman–Crippen LogP) is 1.58. The van der Waals surface area contributed by atoms with E-state index in [0.29, 0.717) is 11.3 Å². The summed E-state index contributed by atoms with van der Waals surface area (Å²) in [6, 6.07) is 3.46. The molecule has 0 unspecified atom stereocenters. The molecule has 0 aliphatic rings. The number of Topliss-reactive ketones (excluding diaryl/α,β-unsaturated/α-hetero) is 1. The standard InChI is InChI=1S/C13H17NO3/c1-8-6-10(11(17-5)7-9(8)2)12(15)13(16)14(3)4/h6-7H,1-5H3. The number of hydrogen-bond donors (Lipinski definition) is 0. The average Bonchev–Trinajstić information content (AvgIpc) is 2.29. The number of benzene rings is 1. The van der Waals surface area contributed by atoms with Crippen molar-refractivity contribution in [2.45, 2.75) is 13.8 Å². The topological polar surface area (TPSA) is 46.6 Å². The molecule has 1 amide bonds. The molecular weight excluding hydrogens is 218 g/mol. The normalized spacial score (nSPS) is 9.94. The zero-order valence-electron chi connectivity index (χ0n) is 10.8. The van der Waals surface area contributed by atoms with Gasteiger partial charge in [-0.25, -0.2) is 0 Å². The average molecular weight is 235 g/mol. The third kappa shape index (κ3) is 2.64. The van der Waals surface area contributed by atoms with Crippen LogP contribution in [0.2, 0.25) is 0 Å². The highest BCUT2D eigenvalue weighted by molar-refractivity contribution is 6.43. The maximum atomic E-state index is 12.0. The summed E-state index contributed by atoms with van der Waals surface area (Å²) in [5.74, 6) is -0.658. The lowest BCUT2D eigenvalue weighted by molar-refractivity contribution is -0.124. The molecule has 0 fully saturated rings. The molecule has 4 nitrogen and oxygen atoms in total. The van der Waals surface area contributed by atoms with Crippen LogP contribution in [0.25, 0.3) is 0 Å². The third-order valence-electron chi connectivity index (χ3n) is 2.66. The number of rotatable bonds is 3. The molecule has 0 aliphatic heterocycles. The van der Waals surface area contributed by atoms with Gasteiger partial charge in [-0.05, 0) is 37.1 Å². The van der Waals surface area contributed by atoms with E-state index in [4.69, 9.17) is 4.74 Å². The fourth-order valence-corrected chi connectivity index (χ4v) is 1.45. The first-order chi connectivity index (χ1) is 7.88. The summed E-state index contributed by atoms with van der Waals surface area (Å²) in [4.78, 5) is 24.8. The molecule has 0 bridgehead atoms. The molecule has 0 aliphatic carbocycles. The van der Waals surface area contributed by atoms with Gasteiger partial charge in [0.05, 0.1) is 12.7 Å². The monoisotopic (exact) mass is 235 g/mol. The van der Waals surface area contributed by atoms with Gasteiger partial charge >= 0.3 is 0 Å². The lowest BCUT2D eigenvalue weighted by Crippen LogP contribution is -2.30. The minimum Gasteiger partial charge on any atom is -0.496 e. The Balaban J connectivity index is 3.26. The van der Waals surface area contributed by atoms with Crippen molar-refractivity contribution in [1.82, 2.24) is 4.90 Å². The van der Waals surface area contributed by atoms with Crippen molar-refractivity contribution in [1.29, 1.82) is 0 Å². The minimum atomic E-state index is -0.549. The summed E-state index contributed by atoms with van der Waals surface area (Å²) in [6.45, 7) is 3.82. The minimum absolute atomic E-state index is 0.314. The summed E-state index contributed by atoms with van der Waals surface area (Å²) in [6.07, 6.45) is 0. The van der Waals surface area contributed by atoms with Crippen molar-refractivity contribution in [3.8, 4) is 5.75 Å². The third-order valence-corrected chi connectivity index (χ3v) is 2.66. The number of methoxy groups -OCH3 is 1. The van der Waals surface area contributed by atoms with E-state index in [1.54, 1.807) is 26.2 Å². The van der Waals surface area contributed by atoms with Crippen molar-refractivity contribution >= 4 is 11.7 Å². The van der Waals surface area contributed by atoms with Gasteiger partial charge in [0, 0.05) is 14.1 Å². The second-order valence-electron chi connectivity index (χ2n) is 4.17. The molecule has 17 heavy (non-hydrogen) atoms. The predicted molar refractivity (Wildman–Crippen MR) is 65.5 cm³/mol. The smallest absolute Gasteiger partial charge is 0.294 e. The van der Waals surface area contributed by atoms with Crippen molar-refractivity contribution in [2.75, 3.05) is 21.2 Å². The molecule has 0 N–H and O–H groups in total. The number of carbonyl (C=O) groups excluding carboxylic acids is 2. The van der Waals surface area contributed by atoms with Crippen LogP contribution < -0.4 is 4.74 Å². The molecule has 1 rings (SSSR count). The molecule has 0 saturated heterocycles. The quantitative estimate of drug-likeness (QED) is 0.590. The maximum absolute atomic E-state index is 12.0. The lowest BCUT2D eigenvalue weighted by atomic mass is 10.0. The summed E-state index contributed by atoms with van der Waals surface area (Å²) in [7, 11) is 4.59. The maximum Gasteiger partial charge on any atom is 0.294 e. The fraction of sp³-hybridized carbons (Fsp3) is 0.385. The van der Waals surface area contributed by atoms with Crippen LogP contribution in [0.4, 0.5) is 0 Å². The van der Waals surface area contributed by atoms with E-state index in [9.17, 15) is 9.59 Å². The molecule has 0 atom stereocenters. The zero-order chi connectivity index (χ0) is 13.2. The molecule has 0 saturated carbocycles. The van der Waals surface area contributed by atoms with Crippen molar-refractivity contribution in [3.63, 3.8) is 0 Å². The van der Waals surface area contributed by atoms with E-state index in [2.05, 4.69) is 0 Å².